The minimum absolute atomic E-state index is 0.0629. The van der Waals surface area contributed by atoms with Gasteiger partial charge in [0.15, 0.2) is 6.10 Å². The topological polar surface area (TPSA) is 72.8 Å². The van der Waals surface area contributed by atoms with Crippen LogP contribution < -0.4 is 0 Å². The van der Waals surface area contributed by atoms with Gasteiger partial charge in [0.25, 0.3) is 0 Å². The molecule has 0 aromatic carbocycles. The smallest absolute Gasteiger partial charge is 0.306 e. The molecule has 1 atom stereocenters. The Labute approximate surface area is 498 Å². The second-order valence-electron chi connectivity index (χ2n) is 23.6. The van der Waals surface area contributed by atoms with Crippen molar-refractivity contribution in [3.8, 4) is 0 Å². The van der Waals surface area contributed by atoms with E-state index in [1.165, 1.54) is 257 Å². The van der Waals surface area contributed by atoms with Gasteiger partial charge in [0.2, 0.25) is 0 Å². The fraction of sp³-hybridized carbons (Fsp3) is 0.787. The highest BCUT2D eigenvalue weighted by Gasteiger charge is 2.16. The van der Waals surface area contributed by atoms with E-state index in [0.29, 0.717) is 12.8 Å². The van der Waals surface area contributed by atoms with E-state index in [-0.39, 0.29) is 25.2 Å². The minimum atomic E-state index is -0.774. The number of hydrogen-bond acceptors (Lipinski definition) is 5. The largest absolute Gasteiger partial charge is 0.462 e. The molecule has 0 aliphatic heterocycles. The summed E-state index contributed by atoms with van der Waals surface area (Å²) in [6.07, 6.45) is 99.0. The van der Waals surface area contributed by atoms with Crippen LogP contribution in [0.25, 0.3) is 0 Å². The molecule has 0 aliphatic carbocycles. The summed E-state index contributed by atoms with van der Waals surface area (Å²) in [5.41, 5.74) is 0. The number of carbonyl (C=O) groups is 2. The molecule has 0 aromatic heterocycles. The molecule has 5 heteroatoms. The quantitative estimate of drug-likeness (QED) is 0.0373. The molecule has 1 N–H and O–H groups in total. The Balaban J connectivity index is 3.42. The van der Waals surface area contributed by atoms with Gasteiger partial charge in [-0.25, -0.2) is 0 Å². The van der Waals surface area contributed by atoms with Gasteiger partial charge in [-0.2, -0.15) is 0 Å². The van der Waals surface area contributed by atoms with Crippen LogP contribution in [0.1, 0.15) is 361 Å². The van der Waals surface area contributed by atoms with Crippen molar-refractivity contribution in [3.63, 3.8) is 0 Å². The Morgan fingerprint density at radius 2 is 0.537 bits per heavy atom. The SMILES string of the molecule is CC/C=C\C/C=C\C/C=C\C/C=C\C/C=C\CCCCCCCCCCCCCCCCCCCCCC(=O)OC(CO)COC(=O)CCCCCCCCCCCCCCCCCCCCC/C=C\C/C=C\CCCCCCC. The molecule has 0 rings (SSSR count). The maximum atomic E-state index is 12.4. The van der Waals surface area contributed by atoms with Crippen LogP contribution in [0.4, 0.5) is 0 Å². The first-order valence-corrected chi connectivity index (χ1v) is 35.1. The summed E-state index contributed by atoms with van der Waals surface area (Å²) in [4.78, 5) is 24.7. The highest BCUT2D eigenvalue weighted by molar-refractivity contribution is 5.70. The van der Waals surface area contributed by atoms with Crippen LogP contribution in [0, 0.1) is 0 Å². The van der Waals surface area contributed by atoms with Crippen molar-refractivity contribution in [3.05, 3.63) is 85.1 Å². The van der Waals surface area contributed by atoms with E-state index in [4.69, 9.17) is 9.47 Å². The molecule has 0 heterocycles. The molecule has 80 heavy (non-hydrogen) atoms. The molecular weight excluding hydrogens is 981 g/mol. The Bertz CT molecular complexity index is 1450. The predicted molar refractivity (Wildman–Crippen MR) is 353 cm³/mol. The Morgan fingerprint density at radius 3 is 0.812 bits per heavy atom. The molecule has 0 radical (unpaired) electrons. The van der Waals surface area contributed by atoms with E-state index in [1.54, 1.807) is 0 Å². The van der Waals surface area contributed by atoms with Crippen LogP contribution in [0.3, 0.4) is 0 Å². The van der Waals surface area contributed by atoms with Crippen molar-refractivity contribution >= 4 is 11.9 Å². The fourth-order valence-electron chi connectivity index (χ4n) is 10.4. The molecule has 0 saturated heterocycles. The van der Waals surface area contributed by atoms with E-state index in [9.17, 15) is 14.7 Å². The van der Waals surface area contributed by atoms with Crippen molar-refractivity contribution in [2.45, 2.75) is 367 Å². The first-order valence-electron chi connectivity index (χ1n) is 35.1. The number of ether oxygens (including phenoxy) is 2. The van der Waals surface area contributed by atoms with Crippen molar-refractivity contribution in [2.75, 3.05) is 13.2 Å². The zero-order valence-corrected chi connectivity index (χ0v) is 53.3. The molecule has 0 fully saturated rings. The van der Waals surface area contributed by atoms with E-state index in [1.807, 2.05) is 0 Å². The minimum Gasteiger partial charge on any atom is -0.462 e. The van der Waals surface area contributed by atoms with E-state index < -0.39 is 6.10 Å². The number of hydrogen-bond donors (Lipinski definition) is 1. The van der Waals surface area contributed by atoms with Crippen molar-refractivity contribution in [2.24, 2.45) is 0 Å². The van der Waals surface area contributed by atoms with Gasteiger partial charge < -0.3 is 14.6 Å². The Morgan fingerprint density at radius 1 is 0.300 bits per heavy atom. The standard InChI is InChI=1S/C75H134O5/c1-3-5-7-9-11-13-15-17-19-21-23-25-27-29-31-33-35-36-37-38-40-42-44-46-48-50-52-54-56-58-60-62-64-66-68-70-75(78)80-73(71-76)72-79-74(77)69-67-65-63-61-59-57-55-53-51-49-47-45-43-41-39-34-32-30-28-26-24-22-20-18-16-14-12-10-8-6-4-2/h5,7,11,13,16-19,22-25,29,31,73,76H,3-4,6,8-10,12,14-15,20-21,26-28,30,32-72H2,1-2H3/b7-5-,13-11-,18-16-,19-17-,24-22-,25-23-,31-29-. The predicted octanol–water partition coefficient (Wildman–Crippen LogP) is 24.4. The molecule has 1 unspecified atom stereocenters. The molecule has 5 nitrogen and oxygen atoms in total. The zero-order valence-electron chi connectivity index (χ0n) is 53.3. The average molecular weight is 1120 g/mol. The number of aliphatic hydroxyl groups excluding tert-OH is 1. The number of unbranched alkanes of at least 4 members (excludes halogenated alkanes) is 43. The third kappa shape index (κ3) is 67.6. The van der Waals surface area contributed by atoms with Gasteiger partial charge in [0, 0.05) is 12.8 Å². The summed E-state index contributed by atoms with van der Waals surface area (Å²) < 4.78 is 10.8. The van der Waals surface area contributed by atoms with Crippen LogP contribution in [0.2, 0.25) is 0 Å². The Kier molecular flexibility index (Phi) is 67.8. The molecule has 0 aromatic rings. The van der Waals surface area contributed by atoms with Crippen molar-refractivity contribution in [1.29, 1.82) is 0 Å². The fourth-order valence-corrected chi connectivity index (χ4v) is 10.4. The van der Waals surface area contributed by atoms with Crippen LogP contribution in [-0.2, 0) is 19.1 Å². The highest BCUT2D eigenvalue weighted by Crippen LogP contribution is 2.18. The third-order valence-electron chi connectivity index (χ3n) is 15.7. The van der Waals surface area contributed by atoms with Crippen molar-refractivity contribution < 1.29 is 24.2 Å². The van der Waals surface area contributed by atoms with Gasteiger partial charge in [-0.15, -0.1) is 0 Å². The van der Waals surface area contributed by atoms with E-state index in [2.05, 4.69) is 98.9 Å². The van der Waals surface area contributed by atoms with Gasteiger partial charge in [-0.1, -0.05) is 343 Å². The second-order valence-corrected chi connectivity index (χ2v) is 23.6. The lowest BCUT2D eigenvalue weighted by Crippen LogP contribution is -2.28. The van der Waals surface area contributed by atoms with Gasteiger partial charge >= 0.3 is 11.9 Å². The first-order chi connectivity index (χ1) is 39.6. The number of carbonyl (C=O) groups excluding carboxylic acids is 2. The number of esters is 2. The van der Waals surface area contributed by atoms with Crippen LogP contribution in [0.15, 0.2) is 85.1 Å². The van der Waals surface area contributed by atoms with Gasteiger partial charge in [-0.3, -0.25) is 9.59 Å². The monoisotopic (exact) mass is 1120 g/mol. The first kappa shape index (κ1) is 77.1. The second kappa shape index (κ2) is 70.3. The lowest BCUT2D eigenvalue weighted by molar-refractivity contribution is -0.161. The summed E-state index contributed by atoms with van der Waals surface area (Å²) in [7, 11) is 0. The number of rotatable bonds is 65. The lowest BCUT2D eigenvalue weighted by atomic mass is 10.0. The van der Waals surface area contributed by atoms with Gasteiger partial charge in [0.05, 0.1) is 6.61 Å². The average Bonchev–Trinajstić information content (AvgIpc) is 3.46. The highest BCUT2D eigenvalue weighted by atomic mass is 16.6. The maximum absolute atomic E-state index is 12.4. The van der Waals surface area contributed by atoms with Crippen LogP contribution in [-0.4, -0.2) is 36.4 Å². The number of allylic oxidation sites excluding steroid dienone is 14. The summed E-state index contributed by atoms with van der Waals surface area (Å²) >= 11 is 0. The zero-order chi connectivity index (χ0) is 57.6. The summed E-state index contributed by atoms with van der Waals surface area (Å²) in [5.74, 6) is -0.573. The molecule has 0 saturated carbocycles. The molecule has 464 valence electrons. The molecule has 0 bridgehead atoms. The number of aliphatic hydroxyl groups is 1. The lowest BCUT2D eigenvalue weighted by Gasteiger charge is -2.15. The molecule has 0 aliphatic rings. The molecular formula is C75H134O5. The van der Waals surface area contributed by atoms with Crippen LogP contribution in [0.5, 0.6) is 0 Å². The van der Waals surface area contributed by atoms with Crippen LogP contribution >= 0.6 is 0 Å². The van der Waals surface area contributed by atoms with Gasteiger partial charge in [0.1, 0.15) is 6.61 Å². The summed E-state index contributed by atoms with van der Waals surface area (Å²) in [6, 6.07) is 0. The van der Waals surface area contributed by atoms with E-state index >= 15 is 0 Å². The molecule has 0 amide bonds. The Hall–Kier alpha value is -2.92. The van der Waals surface area contributed by atoms with E-state index in [0.717, 1.165) is 77.0 Å². The maximum Gasteiger partial charge on any atom is 0.306 e. The molecule has 0 spiro atoms. The third-order valence-corrected chi connectivity index (χ3v) is 15.7. The van der Waals surface area contributed by atoms with Gasteiger partial charge in [-0.05, 0) is 89.9 Å². The summed E-state index contributed by atoms with van der Waals surface area (Å²) in [5, 5.41) is 9.71. The summed E-state index contributed by atoms with van der Waals surface area (Å²) in [6.45, 7) is 4.06. The van der Waals surface area contributed by atoms with Crippen molar-refractivity contribution in [1.82, 2.24) is 0 Å². The normalized spacial score (nSPS) is 12.7.